The summed E-state index contributed by atoms with van der Waals surface area (Å²) in [5.74, 6) is -0.604. The second kappa shape index (κ2) is 5.50. The summed E-state index contributed by atoms with van der Waals surface area (Å²) >= 11 is 0. The van der Waals surface area contributed by atoms with Crippen molar-refractivity contribution in [1.29, 1.82) is 0 Å². The van der Waals surface area contributed by atoms with Crippen LogP contribution in [0.1, 0.15) is 24.8 Å². The lowest BCUT2D eigenvalue weighted by Crippen LogP contribution is -2.55. The fourth-order valence-electron chi connectivity index (χ4n) is 2.52. The lowest BCUT2D eigenvalue weighted by molar-refractivity contribution is -0.168. The Kier molecular flexibility index (Phi) is 3.99. The van der Waals surface area contributed by atoms with Crippen LogP contribution in [0.15, 0.2) is 30.3 Å². The molecule has 0 bridgehead atoms. The van der Waals surface area contributed by atoms with E-state index in [1.54, 1.807) is 12.1 Å². The van der Waals surface area contributed by atoms with Gasteiger partial charge in [-0.25, -0.2) is 4.79 Å². The summed E-state index contributed by atoms with van der Waals surface area (Å²) in [6.07, 6.45) is 2.84. The first-order chi connectivity index (χ1) is 8.69. The van der Waals surface area contributed by atoms with Gasteiger partial charge in [0.15, 0.2) is 0 Å². The van der Waals surface area contributed by atoms with Crippen LogP contribution in [-0.2, 0) is 15.1 Å². The first-order valence-corrected chi connectivity index (χ1v) is 6.29. The first-order valence-electron chi connectivity index (χ1n) is 6.29. The Bertz CT molecular complexity index is 401. The van der Waals surface area contributed by atoms with E-state index in [1.165, 1.54) is 7.11 Å². The summed E-state index contributed by atoms with van der Waals surface area (Å²) in [5.41, 5.74) is -1.02. The van der Waals surface area contributed by atoms with Gasteiger partial charge >= 0.3 is 5.97 Å². The van der Waals surface area contributed by atoms with Gasteiger partial charge in [-0.2, -0.15) is 0 Å². The first kappa shape index (κ1) is 13.1. The molecule has 1 fully saturated rings. The molecular formula is C14H19NO3. The Balaban J connectivity index is 2.36. The SMILES string of the molecule is COC(=O)[C@](O)(c1ccccc1)[C@H]1CCCCN1. The average Bonchev–Trinajstić information content (AvgIpc) is 2.47. The van der Waals surface area contributed by atoms with Gasteiger partial charge in [-0.05, 0) is 24.9 Å². The van der Waals surface area contributed by atoms with Crippen LogP contribution in [0, 0.1) is 0 Å². The number of rotatable bonds is 3. The highest BCUT2D eigenvalue weighted by Crippen LogP contribution is 2.30. The molecule has 1 aliphatic heterocycles. The van der Waals surface area contributed by atoms with Crippen molar-refractivity contribution in [3.8, 4) is 0 Å². The monoisotopic (exact) mass is 249 g/mol. The molecule has 98 valence electrons. The van der Waals surface area contributed by atoms with Crippen molar-refractivity contribution in [2.75, 3.05) is 13.7 Å². The van der Waals surface area contributed by atoms with E-state index >= 15 is 0 Å². The molecule has 0 saturated carbocycles. The number of aliphatic hydroxyl groups is 1. The van der Waals surface area contributed by atoms with Crippen LogP contribution in [0.4, 0.5) is 0 Å². The zero-order valence-corrected chi connectivity index (χ0v) is 10.6. The molecule has 0 aliphatic carbocycles. The molecule has 1 saturated heterocycles. The Labute approximate surface area is 107 Å². The minimum atomic E-state index is -1.60. The smallest absolute Gasteiger partial charge is 0.344 e. The van der Waals surface area contributed by atoms with Gasteiger partial charge in [0.2, 0.25) is 5.60 Å². The molecular weight excluding hydrogens is 230 g/mol. The highest BCUT2D eigenvalue weighted by molar-refractivity contribution is 5.82. The lowest BCUT2D eigenvalue weighted by Gasteiger charge is -2.37. The van der Waals surface area contributed by atoms with Crippen LogP contribution in [-0.4, -0.2) is 30.8 Å². The van der Waals surface area contributed by atoms with Crippen LogP contribution >= 0.6 is 0 Å². The maximum absolute atomic E-state index is 12.0. The molecule has 1 aromatic rings. The number of piperidine rings is 1. The van der Waals surface area contributed by atoms with E-state index in [9.17, 15) is 9.90 Å². The largest absolute Gasteiger partial charge is 0.467 e. The second-order valence-electron chi connectivity index (χ2n) is 4.63. The normalized spacial score (nSPS) is 23.1. The highest BCUT2D eigenvalue weighted by Gasteiger charge is 2.46. The van der Waals surface area contributed by atoms with Gasteiger partial charge in [-0.3, -0.25) is 0 Å². The number of ether oxygens (including phenoxy) is 1. The number of carbonyl (C=O) groups excluding carboxylic acids is 1. The maximum atomic E-state index is 12.0. The number of benzene rings is 1. The second-order valence-corrected chi connectivity index (χ2v) is 4.63. The van der Waals surface area contributed by atoms with Gasteiger partial charge in [0.1, 0.15) is 0 Å². The molecule has 4 heteroatoms. The van der Waals surface area contributed by atoms with Gasteiger partial charge in [-0.1, -0.05) is 36.8 Å². The highest BCUT2D eigenvalue weighted by atomic mass is 16.5. The van der Waals surface area contributed by atoms with Crippen molar-refractivity contribution in [1.82, 2.24) is 5.32 Å². The van der Waals surface area contributed by atoms with Gasteiger partial charge in [0.05, 0.1) is 13.2 Å². The predicted molar refractivity (Wildman–Crippen MR) is 68.0 cm³/mol. The fourth-order valence-corrected chi connectivity index (χ4v) is 2.52. The van der Waals surface area contributed by atoms with Crippen molar-refractivity contribution in [3.05, 3.63) is 35.9 Å². The Morgan fingerprint density at radius 1 is 1.39 bits per heavy atom. The van der Waals surface area contributed by atoms with E-state index in [0.717, 1.165) is 25.8 Å². The zero-order valence-electron chi connectivity index (χ0n) is 10.6. The molecule has 0 spiro atoms. The fraction of sp³-hybridized carbons (Fsp3) is 0.500. The van der Waals surface area contributed by atoms with E-state index in [2.05, 4.69) is 5.32 Å². The van der Waals surface area contributed by atoms with Crippen molar-refractivity contribution in [3.63, 3.8) is 0 Å². The van der Waals surface area contributed by atoms with Crippen LogP contribution < -0.4 is 5.32 Å². The topological polar surface area (TPSA) is 58.6 Å². The van der Waals surface area contributed by atoms with Gasteiger partial charge in [0, 0.05) is 0 Å². The van der Waals surface area contributed by atoms with Crippen molar-refractivity contribution < 1.29 is 14.6 Å². The standard InChI is InChI=1S/C14H19NO3/c1-18-13(16)14(17,11-7-3-2-4-8-11)12-9-5-6-10-15-12/h2-4,7-8,12,15,17H,5-6,9-10H2,1H3/t12-,14+/m1/s1. The molecule has 4 nitrogen and oxygen atoms in total. The summed E-state index contributed by atoms with van der Waals surface area (Å²) in [6.45, 7) is 0.816. The molecule has 2 atom stereocenters. The summed E-state index contributed by atoms with van der Waals surface area (Å²) in [6, 6.07) is 8.70. The third-order valence-corrected chi connectivity index (χ3v) is 3.53. The third kappa shape index (κ3) is 2.26. The van der Waals surface area contributed by atoms with Crippen LogP contribution in [0.2, 0.25) is 0 Å². The number of methoxy groups -OCH3 is 1. The van der Waals surface area contributed by atoms with E-state index < -0.39 is 11.6 Å². The lowest BCUT2D eigenvalue weighted by atomic mass is 9.82. The number of esters is 1. The summed E-state index contributed by atoms with van der Waals surface area (Å²) < 4.78 is 4.79. The molecule has 0 unspecified atom stereocenters. The molecule has 1 aliphatic rings. The zero-order chi connectivity index (χ0) is 13.0. The molecule has 18 heavy (non-hydrogen) atoms. The molecule has 0 radical (unpaired) electrons. The van der Waals surface area contributed by atoms with E-state index in [0.29, 0.717) is 5.56 Å². The minimum Gasteiger partial charge on any atom is -0.467 e. The quantitative estimate of drug-likeness (QED) is 0.790. The Hall–Kier alpha value is -1.39. The molecule has 0 amide bonds. The van der Waals surface area contributed by atoms with Crippen LogP contribution in [0.5, 0.6) is 0 Å². The van der Waals surface area contributed by atoms with Crippen molar-refractivity contribution in [2.45, 2.75) is 30.9 Å². The Morgan fingerprint density at radius 2 is 2.11 bits per heavy atom. The van der Waals surface area contributed by atoms with Crippen LogP contribution in [0.3, 0.4) is 0 Å². The summed E-state index contributed by atoms with van der Waals surface area (Å²) in [4.78, 5) is 12.0. The molecule has 2 rings (SSSR count). The third-order valence-electron chi connectivity index (χ3n) is 3.53. The van der Waals surface area contributed by atoms with Gasteiger partial charge < -0.3 is 15.2 Å². The van der Waals surface area contributed by atoms with Crippen LogP contribution in [0.25, 0.3) is 0 Å². The minimum absolute atomic E-state index is 0.291. The number of carbonyl (C=O) groups is 1. The summed E-state index contributed by atoms with van der Waals surface area (Å²) in [7, 11) is 1.30. The number of hydrogen-bond acceptors (Lipinski definition) is 4. The van der Waals surface area contributed by atoms with E-state index in [-0.39, 0.29) is 6.04 Å². The maximum Gasteiger partial charge on any atom is 0.344 e. The molecule has 1 aromatic carbocycles. The number of nitrogens with one attached hydrogen (secondary N) is 1. The van der Waals surface area contributed by atoms with Crippen molar-refractivity contribution >= 4 is 5.97 Å². The van der Waals surface area contributed by atoms with Crippen molar-refractivity contribution in [2.24, 2.45) is 0 Å². The molecule has 1 heterocycles. The predicted octanol–water partition coefficient (Wildman–Crippen LogP) is 1.19. The van der Waals surface area contributed by atoms with Gasteiger partial charge in [0.25, 0.3) is 0 Å². The molecule has 0 aromatic heterocycles. The van der Waals surface area contributed by atoms with E-state index in [4.69, 9.17) is 4.74 Å². The van der Waals surface area contributed by atoms with E-state index in [1.807, 2.05) is 18.2 Å². The average molecular weight is 249 g/mol. The molecule has 2 N–H and O–H groups in total. The van der Waals surface area contributed by atoms with Gasteiger partial charge in [-0.15, -0.1) is 0 Å². The number of hydrogen-bond donors (Lipinski definition) is 2. The Morgan fingerprint density at radius 3 is 2.67 bits per heavy atom. The summed E-state index contributed by atoms with van der Waals surface area (Å²) in [5, 5.41) is 14.1.